The molecule has 0 saturated carbocycles. The molecule has 2 aromatic carbocycles. The lowest BCUT2D eigenvalue weighted by Gasteiger charge is -2.12. The monoisotopic (exact) mass is 273 g/mol. The molecule has 2 N–H and O–H groups in total. The Kier molecular flexibility index (Phi) is 4.88. The summed E-state index contributed by atoms with van der Waals surface area (Å²) in [6, 6.07) is 14.3. The second-order valence-electron chi connectivity index (χ2n) is 4.39. The quantitative estimate of drug-likeness (QED) is 0.836. The van der Waals surface area contributed by atoms with Gasteiger partial charge in [-0.1, -0.05) is 24.3 Å². The minimum Gasteiger partial charge on any atom is -0.456 e. The van der Waals surface area contributed by atoms with Crippen molar-refractivity contribution in [3.8, 4) is 11.5 Å². The molecule has 0 unspecified atom stereocenters. The van der Waals surface area contributed by atoms with Crippen LogP contribution in [0.25, 0.3) is 0 Å². The van der Waals surface area contributed by atoms with E-state index in [-0.39, 0.29) is 0 Å². The lowest BCUT2D eigenvalue weighted by Crippen LogP contribution is -2.02. The number of aryl methyl sites for hydroxylation is 1. The number of para-hydroxylation sites is 1. The third kappa shape index (κ3) is 3.52. The molecule has 0 spiro atoms. The molecule has 0 amide bonds. The average Bonchev–Trinajstić information content (AvgIpc) is 2.43. The maximum Gasteiger partial charge on any atom is 0.140 e. The normalized spacial score (nSPS) is 10.5. The Labute approximate surface area is 119 Å². The summed E-state index contributed by atoms with van der Waals surface area (Å²) in [4.78, 5) is 1.15. The topological polar surface area (TPSA) is 35.2 Å². The van der Waals surface area contributed by atoms with Crippen molar-refractivity contribution >= 4 is 11.8 Å². The van der Waals surface area contributed by atoms with E-state index in [4.69, 9.17) is 10.5 Å². The summed E-state index contributed by atoms with van der Waals surface area (Å²) in [7, 11) is 0. The SMILES string of the molecule is CSc1ccccc1Oc1ccc(CCN)cc1C. The van der Waals surface area contributed by atoms with E-state index in [1.807, 2.05) is 24.3 Å². The summed E-state index contributed by atoms with van der Waals surface area (Å²) < 4.78 is 6.01. The fraction of sp³-hybridized carbons (Fsp3) is 0.250. The highest BCUT2D eigenvalue weighted by molar-refractivity contribution is 7.98. The van der Waals surface area contributed by atoms with Gasteiger partial charge in [-0.15, -0.1) is 11.8 Å². The Hall–Kier alpha value is -1.45. The molecule has 0 aliphatic heterocycles. The molecule has 0 heterocycles. The van der Waals surface area contributed by atoms with Crippen molar-refractivity contribution < 1.29 is 4.74 Å². The zero-order valence-corrected chi connectivity index (χ0v) is 12.2. The van der Waals surface area contributed by atoms with Crippen LogP contribution in [0.4, 0.5) is 0 Å². The number of rotatable bonds is 5. The highest BCUT2D eigenvalue weighted by Gasteiger charge is 2.06. The Balaban J connectivity index is 2.23. The molecule has 0 aliphatic carbocycles. The standard InChI is InChI=1S/C16H19NOS/c1-12-11-13(9-10-17)7-8-14(12)18-15-5-3-4-6-16(15)19-2/h3-8,11H,9-10,17H2,1-2H3. The van der Waals surface area contributed by atoms with Gasteiger partial charge in [-0.05, 0) is 55.5 Å². The van der Waals surface area contributed by atoms with E-state index < -0.39 is 0 Å². The summed E-state index contributed by atoms with van der Waals surface area (Å²) in [5, 5.41) is 0. The molecule has 0 aromatic heterocycles. The fourth-order valence-electron chi connectivity index (χ4n) is 1.97. The summed E-state index contributed by atoms with van der Waals surface area (Å²) in [5.74, 6) is 1.81. The van der Waals surface area contributed by atoms with Crippen LogP contribution >= 0.6 is 11.8 Å². The van der Waals surface area contributed by atoms with Crippen LogP contribution in [0.3, 0.4) is 0 Å². The van der Waals surface area contributed by atoms with Gasteiger partial charge >= 0.3 is 0 Å². The molecule has 0 radical (unpaired) electrons. The van der Waals surface area contributed by atoms with Crippen LogP contribution in [0, 0.1) is 6.92 Å². The van der Waals surface area contributed by atoms with Crippen molar-refractivity contribution in [2.24, 2.45) is 5.73 Å². The molecule has 19 heavy (non-hydrogen) atoms. The Morgan fingerprint density at radius 3 is 2.58 bits per heavy atom. The second kappa shape index (κ2) is 6.64. The third-order valence-electron chi connectivity index (χ3n) is 2.96. The van der Waals surface area contributed by atoms with Crippen molar-refractivity contribution in [2.45, 2.75) is 18.2 Å². The first-order chi connectivity index (χ1) is 9.24. The van der Waals surface area contributed by atoms with Gasteiger partial charge in [0.25, 0.3) is 0 Å². The van der Waals surface area contributed by atoms with Crippen molar-refractivity contribution in [3.05, 3.63) is 53.6 Å². The summed E-state index contributed by atoms with van der Waals surface area (Å²) in [6.45, 7) is 2.74. The highest BCUT2D eigenvalue weighted by atomic mass is 32.2. The zero-order chi connectivity index (χ0) is 13.7. The smallest absolute Gasteiger partial charge is 0.140 e. The van der Waals surface area contributed by atoms with Crippen molar-refractivity contribution in [1.82, 2.24) is 0 Å². The van der Waals surface area contributed by atoms with Crippen molar-refractivity contribution in [3.63, 3.8) is 0 Å². The van der Waals surface area contributed by atoms with Gasteiger partial charge in [0.05, 0.1) is 0 Å². The van der Waals surface area contributed by atoms with E-state index in [0.29, 0.717) is 6.54 Å². The predicted molar refractivity (Wildman–Crippen MR) is 82.2 cm³/mol. The Bertz CT molecular complexity index is 554. The van der Waals surface area contributed by atoms with Crippen molar-refractivity contribution in [2.75, 3.05) is 12.8 Å². The maximum absolute atomic E-state index is 6.01. The first-order valence-corrected chi connectivity index (χ1v) is 7.57. The molecule has 100 valence electrons. The van der Waals surface area contributed by atoms with Crippen LogP contribution in [0.1, 0.15) is 11.1 Å². The van der Waals surface area contributed by atoms with E-state index in [1.54, 1.807) is 11.8 Å². The molecule has 3 heteroatoms. The zero-order valence-electron chi connectivity index (χ0n) is 11.3. The maximum atomic E-state index is 6.01. The molecule has 0 bridgehead atoms. The van der Waals surface area contributed by atoms with Gasteiger partial charge in [0.1, 0.15) is 11.5 Å². The molecule has 0 aliphatic rings. The van der Waals surface area contributed by atoms with Crippen LogP contribution in [-0.4, -0.2) is 12.8 Å². The highest BCUT2D eigenvalue weighted by Crippen LogP contribution is 2.32. The largest absolute Gasteiger partial charge is 0.456 e. The first-order valence-electron chi connectivity index (χ1n) is 6.35. The Morgan fingerprint density at radius 1 is 1.11 bits per heavy atom. The van der Waals surface area contributed by atoms with Gasteiger partial charge in [-0.25, -0.2) is 0 Å². The van der Waals surface area contributed by atoms with E-state index >= 15 is 0 Å². The summed E-state index contributed by atoms with van der Waals surface area (Å²) >= 11 is 1.69. The molecular formula is C16H19NOS. The van der Waals surface area contributed by atoms with E-state index in [9.17, 15) is 0 Å². The minimum atomic E-state index is 0.676. The van der Waals surface area contributed by atoms with E-state index in [0.717, 1.165) is 28.4 Å². The average molecular weight is 273 g/mol. The molecule has 2 nitrogen and oxygen atoms in total. The first kappa shape index (κ1) is 14.0. The molecule has 2 rings (SSSR count). The van der Waals surface area contributed by atoms with Gasteiger partial charge in [0, 0.05) is 4.90 Å². The van der Waals surface area contributed by atoms with Gasteiger partial charge in [-0.2, -0.15) is 0 Å². The number of ether oxygens (including phenoxy) is 1. The molecule has 2 aromatic rings. The number of hydrogen-bond acceptors (Lipinski definition) is 3. The van der Waals surface area contributed by atoms with Crippen LogP contribution in [0.2, 0.25) is 0 Å². The number of hydrogen-bond donors (Lipinski definition) is 1. The van der Waals surface area contributed by atoms with Gasteiger partial charge in [0.15, 0.2) is 0 Å². The summed E-state index contributed by atoms with van der Waals surface area (Å²) in [6.07, 6.45) is 2.96. The van der Waals surface area contributed by atoms with Crippen LogP contribution in [0.15, 0.2) is 47.4 Å². The molecular weight excluding hydrogens is 254 g/mol. The van der Waals surface area contributed by atoms with Crippen molar-refractivity contribution in [1.29, 1.82) is 0 Å². The van der Waals surface area contributed by atoms with E-state index in [2.05, 4.69) is 31.4 Å². The minimum absolute atomic E-state index is 0.676. The predicted octanol–water partition coefficient (Wildman–Crippen LogP) is 4.01. The molecule has 0 fully saturated rings. The van der Waals surface area contributed by atoms with Gasteiger partial charge in [-0.3, -0.25) is 0 Å². The third-order valence-corrected chi connectivity index (χ3v) is 3.74. The Morgan fingerprint density at radius 2 is 1.89 bits per heavy atom. The van der Waals surface area contributed by atoms with E-state index in [1.165, 1.54) is 5.56 Å². The second-order valence-corrected chi connectivity index (χ2v) is 5.24. The fourth-order valence-corrected chi connectivity index (χ4v) is 2.50. The van der Waals surface area contributed by atoms with Gasteiger partial charge < -0.3 is 10.5 Å². The molecule has 0 atom stereocenters. The lowest BCUT2D eigenvalue weighted by molar-refractivity contribution is 0.467. The molecule has 0 saturated heterocycles. The van der Waals surface area contributed by atoms with Crippen LogP contribution in [-0.2, 0) is 6.42 Å². The summed E-state index contributed by atoms with van der Waals surface area (Å²) in [5.41, 5.74) is 7.97. The van der Waals surface area contributed by atoms with Crippen LogP contribution < -0.4 is 10.5 Å². The van der Waals surface area contributed by atoms with Crippen LogP contribution in [0.5, 0.6) is 11.5 Å². The lowest BCUT2D eigenvalue weighted by atomic mass is 10.1. The van der Waals surface area contributed by atoms with Gasteiger partial charge in [0.2, 0.25) is 0 Å². The number of nitrogens with two attached hydrogens (primary N) is 1. The number of benzene rings is 2. The number of thioether (sulfide) groups is 1.